The van der Waals surface area contributed by atoms with Gasteiger partial charge in [-0.25, -0.2) is 9.37 Å². The molecular weight excluding hydrogens is 323 g/mol. The second kappa shape index (κ2) is 5.20. The zero-order valence-corrected chi connectivity index (χ0v) is 11.8. The quantitative estimate of drug-likeness (QED) is 0.792. The molecule has 0 atom stereocenters. The summed E-state index contributed by atoms with van der Waals surface area (Å²) in [5.74, 6) is -0.329. The first-order chi connectivity index (χ1) is 8.49. The smallest absolute Gasteiger partial charge is 0.269 e. The van der Waals surface area contributed by atoms with Crippen LogP contribution < -0.4 is 5.56 Å². The van der Waals surface area contributed by atoms with Crippen LogP contribution in [0.5, 0.6) is 0 Å². The normalized spacial score (nSPS) is 10.7. The Morgan fingerprint density at radius 3 is 2.94 bits per heavy atom. The van der Waals surface area contributed by atoms with Crippen LogP contribution in [-0.4, -0.2) is 9.55 Å². The minimum Gasteiger partial charge on any atom is -0.294 e. The van der Waals surface area contributed by atoms with Crippen LogP contribution in [0.4, 0.5) is 4.39 Å². The Balaban J connectivity index is 2.44. The van der Waals surface area contributed by atoms with E-state index in [9.17, 15) is 9.18 Å². The molecule has 0 radical (unpaired) electrons. The lowest BCUT2D eigenvalue weighted by Crippen LogP contribution is -2.22. The lowest BCUT2D eigenvalue weighted by molar-refractivity contribution is 0.621. The van der Waals surface area contributed by atoms with Gasteiger partial charge >= 0.3 is 0 Å². The maximum absolute atomic E-state index is 13.2. The van der Waals surface area contributed by atoms with Gasteiger partial charge in [0.15, 0.2) is 5.15 Å². The summed E-state index contributed by atoms with van der Waals surface area (Å²) in [7, 11) is 0. The summed E-state index contributed by atoms with van der Waals surface area (Å²) in [6.45, 7) is 2.11. The van der Waals surface area contributed by atoms with Crippen molar-refractivity contribution in [1.82, 2.24) is 9.55 Å². The maximum atomic E-state index is 13.2. The van der Waals surface area contributed by atoms with Gasteiger partial charge in [-0.05, 0) is 46.1 Å². The Bertz CT molecular complexity index is 657. The minimum absolute atomic E-state index is 0.118. The highest BCUT2D eigenvalue weighted by molar-refractivity contribution is 9.10. The van der Waals surface area contributed by atoms with Crippen LogP contribution in [0.3, 0.4) is 0 Å². The molecule has 0 aliphatic carbocycles. The second-order valence-corrected chi connectivity index (χ2v) is 5.00. The molecule has 2 rings (SSSR count). The molecule has 0 saturated heterocycles. The largest absolute Gasteiger partial charge is 0.294 e. The molecule has 18 heavy (non-hydrogen) atoms. The van der Waals surface area contributed by atoms with Gasteiger partial charge in [-0.15, -0.1) is 0 Å². The van der Waals surface area contributed by atoms with Gasteiger partial charge in [-0.1, -0.05) is 17.7 Å². The number of benzene rings is 1. The van der Waals surface area contributed by atoms with Gasteiger partial charge in [-0.3, -0.25) is 9.36 Å². The van der Waals surface area contributed by atoms with Crippen LogP contribution in [0.25, 0.3) is 0 Å². The second-order valence-electron chi connectivity index (χ2n) is 3.85. The van der Waals surface area contributed by atoms with Crippen molar-refractivity contribution in [3.05, 3.63) is 61.5 Å². The van der Waals surface area contributed by atoms with Gasteiger partial charge in [0.05, 0.1) is 12.9 Å². The summed E-state index contributed by atoms with van der Waals surface area (Å²) < 4.78 is 14.7. The lowest BCUT2D eigenvalue weighted by atomic mass is 10.1. The average Bonchev–Trinajstić information content (AvgIpc) is 2.34. The van der Waals surface area contributed by atoms with E-state index in [-0.39, 0.29) is 27.5 Å². The van der Waals surface area contributed by atoms with E-state index in [1.165, 1.54) is 23.0 Å². The van der Waals surface area contributed by atoms with E-state index >= 15 is 0 Å². The highest BCUT2D eigenvalue weighted by Crippen LogP contribution is 2.15. The molecule has 2 aromatic rings. The van der Waals surface area contributed by atoms with Gasteiger partial charge in [-0.2, -0.15) is 0 Å². The fraction of sp³-hybridized carbons (Fsp3) is 0.167. The van der Waals surface area contributed by atoms with Gasteiger partial charge in [0.2, 0.25) is 0 Å². The molecule has 0 aliphatic heterocycles. The van der Waals surface area contributed by atoms with E-state index in [0.29, 0.717) is 0 Å². The highest BCUT2D eigenvalue weighted by Gasteiger charge is 2.08. The zero-order valence-electron chi connectivity index (χ0n) is 9.45. The van der Waals surface area contributed by atoms with E-state index in [2.05, 4.69) is 20.9 Å². The molecule has 0 spiro atoms. The van der Waals surface area contributed by atoms with E-state index in [0.717, 1.165) is 11.1 Å². The van der Waals surface area contributed by atoms with Crippen LogP contribution in [0, 0.1) is 12.7 Å². The standard InChI is InChI=1S/C12H9BrClFN2O/c1-7-2-3-9(15)4-8(7)5-17-6-16-11(14)10(13)12(17)18/h2-4,6H,5H2,1H3. The van der Waals surface area contributed by atoms with Crippen molar-refractivity contribution in [2.24, 2.45) is 0 Å². The summed E-state index contributed by atoms with van der Waals surface area (Å²) in [5.41, 5.74) is 1.35. The number of hydrogen-bond donors (Lipinski definition) is 0. The summed E-state index contributed by atoms with van der Waals surface area (Å²) in [4.78, 5) is 15.8. The average molecular weight is 332 g/mol. The predicted molar refractivity (Wildman–Crippen MR) is 71.4 cm³/mol. The molecule has 94 valence electrons. The van der Waals surface area contributed by atoms with E-state index in [1.807, 2.05) is 6.92 Å². The van der Waals surface area contributed by atoms with Crippen molar-refractivity contribution < 1.29 is 4.39 Å². The molecule has 0 saturated carbocycles. The number of hydrogen-bond acceptors (Lipinski definition) is 2. The molecule has 3 nitrogen and oxygen atoms in total. The predicted octanol–water partition coefficient (Wildman–Crippen LogP) is 3.16. The molecule has 0 aliphatic rings. The van der Waals surface area contributed by atoms with Crippen LogP contribution in [0.1, 0.15) is 11.1 Å². The molecule has 0 unspecified atom stereocenters. The molecule has 0 fully saturated rings. The number of nitrogens with zero attached hydrogens (tertiary/aromatic N) is 2. The first kappa shape index (κ1) is 13.2. The van der Waals surface area contributed by atoms with Crippen molar-refractivity contribution in [3.8, 4) is 0 Å². The molecule has 0 bridgehead atoms. The number of halogens is 3. The molecule has 0 N–H and O–H groups in total. The first-order valence-corrected chi connectivity index (χ1v) is 6.31. The van der Waals surface area contributed by atoms with Crippen molar-refractivity contribution in [2.75, 3.05) is 0 Å². The highest BCUT2D eigenvalue weighted by atomic mass is 79.9. The topological polar surface area (TPSA) is 34.9 Å². The van der Waals surface area contributed by atoms with Gasteiger partial charge in [0, 0.05) is 0 Å². The first-order valence-electron chi connectivity index (χ1n) is 5.14. The van der Waals surface area contributed by atoms with Gasteiger partial charge in [0.1, 0.15) is 10.3 Å². The Morgan fingerprint density at radius 2 is 2.22 bits per heavy atom. The summed E-state index contributed by atoms with van der Waals surface area (Å²) in [6.07, 6.45) is 1.35. The SMILES string of the molecule is Cc1ccc(F)cc1Cn1cnc(Cl)c(Br)c1=O. The van der Waals surface area contributed by atoms with Crippen LogP contribution in [0.2, 0.25) is 5.15 Å². The van der Waals surface area contributed by atoms with Crippen molar-refractivity contribution in [1.29, 1.82) is 0 Å². The molecular formula is C12H9BrClFN2O. The van der Waals surface area contributed by atoms with Crippen molar-refractivity contribution in [3.63, 3.8) is 0 Å². The Kier molecular flexibility index (Phi) is 3.82. The molecule has 1 aromatic carbocycles. The zero-order chi connectivity index (χ0) is 13.3. The number of rotatable bonds is 2. The molecule has 6 heteroatoms. The Labute approximate surface area is 116 Å². The molecule has 0 amide bonds. The van der Waals surface area contributed by atoms with Gasteiger partial charge in [0.25, 0.3) is 5.56 Å². The molecule has 1 heterocycles. The fourth-order valence-electron chi connectivity index (χ4n) is 1.55. The lowest BCUT2D eigenvalue weighted by Gasteiger charge is -2.09. The summed E-state index contributed by atoms with van der Waals surface area (Å²) >= 11 is 8.79. The third-order valence-electron chi connectivity index (χ3n) is 2.59. The third kappa shape index (κ3) is 2.62. The Hall–Kier alpha value is -1.20. The van der Waals surface area contributed by atoms with Crippen molar-refractivity contribution >= 4 is 27.5 Å². The summed E-state index contributed by atoms with van der Waals surface area (Å²) in [5, 5.41) is 0.118. The van der Waals surface area contributed by atoms with E-state index in [1.54, 1.807) is 6.07 Å². The van der Waals surface area contributed by atoms with Crippen LogP contribution in [-0.2, 0) is 6.54 Å². The van der Waals surface area contributed by atoms with E-state index in [4.69, 9.17) is 11.6 Å². The van der Waals surface area contributed by atoms with Crippen LogP contribution in [0.15, 0.2) is 33.8 Å². The van der Waals surface area contributed by atoms with Gasteiger partial charge < -0.3 is 0 Å². The summed E-state index contributed by atoms with van der Waals surface area (Å²) in [6, 6.07) is 4.47. The number of aryl methyl sites for hydroxylation is 1. The van der Waals surface area contributed by atoms with Crippen LogP contribution >= 0.6 is 27.5 Å². The Morgan fingerprint density at radius 1 is 1.50 bits per heavy atom. The number of aromatic nitrogens is 2. The fourth-order valence-corrected chi connectivity index (χ4v) is 2.00. The monoisotopic (exact) mass is 330 g/mol. The maximum Gasteiger partial charge on any atom is 0.269 e. The van der Waals surface area contributed by atoms with E-state index < -0.39 is 0 Å². The third-order valence-corrected chi connectivity index (χ3v) is 3.82. The van der Waals surface area contributed by atoms with Crippen molar-refractivity contribution in [2.45, 2.75) is 13.5 Å². The minimum atomic E-state index is -0.329. The molecule has 1 aromatic heterocycles.